The van der Waals surface area contributed by atoms with E-state index in [-0.39, 0.29) is 35.8 Å². The Morgan fingerprint density at radius 2 is 1.94 bits per heavy atom. The number of nitrogens with one attached hydrogen (secondary N) is 2. The van der Waals surface area contributed by atoms with Crippen LogP contribution in [-0.2, 0) is 10.2 Å². The van der Waals surface area contributed by atoms with E-state index in [0.717, 1.165) is 12.8 Å². The summed E-state index contributed by atoms with van der Waals surface area (Å²) in [7, 11) is 1.47. The molecule has 4 N–H and O–H groups in total. The van der Waals surface area contributed by atoms with Crippen molar-refractivity contribution >= 4 is 34.8 Å². The Morgan fingerprint density at radius 3 is 2.56 bits per heavy atom. The van der Waals surface area contributed by atoms with Gasteiger partial charge >= 0.3 is 0 Å². The molecule has 0 radical (unpaired) electrons. The maximum Gasteiger partial charge on any atom is 0.282 e. The largest absolute Gasteiger partial charge is 0.369 e. The molecule has 11 nitrogen and oxygen atoms in total. The van der Waals surface area contributed by atoms with Gasteiger partial charge in [-0.15, -0.1) is 10.2 Å². The third-order valence-electron chi connectivity index (χ3n) is 7.10. The summed E-state index contributed by atoms with van der Waals surface area (Å²) in [5, 5.41) is 18.1. The third-order valence-corrected chi connectivity index (χ3v) is 7.10. The Bertz CT molecular complexity index is 1360. The second-order valence-corrected chi connectivity index (χ2v) is 9.26. The van der Waals surface area contributed by atoms with Gasteiger partial charge in [0.1, 0.15) is 0 Å². The Labute approximate surface area is 191 Å². The zero-order chi connectivity index (χ0) is 23.9. The van der Waals surface area contributed by atoms with Crippen molar-refractivity contribution in [2.24, 2.45) is 11.1 Å². The summed E-state index contributed by atoms with van der Waals surface area (Å²) in [4.78, 5) is 30.7. The highest BCUT2D eigenvalue weighted by molar-refractivity contribution is 5.98. The highest BCUT2D eigenvalue weighted by Gasteiger charge is 2.78. The first-order valence-corrected chi connectivity index (χ1v) is 10.8. The van der Waals surface area contributed by atoms with E-state index in [9.17, 15) is 18.4 Å². The van der Waals surface area contributed by atoms with Gasteiger partial charge in [0.15, 0.2) is 11.3 Å². The monoisotopic (exact) mass is 469 g/mol. The molecule has 0 unspecified atom stereocenters. The molecular formula is C21H21F2N9O2. The Hall–Kier alpha value is -3.90. The number of aromatic nitrogens is 5. The normalized spacial score (nSPS) is 23.4. The quantitative estimate of drug-likeness (QED) is 0.485. The SMILES string of the molecule is CNC(=O)c1nnc([C@]2(C(N)=O)CC23CC3)cc1Nc1nc2ccc(N3CC(F)(F)C3)cn2n1. The molecule has 13 heteroatoms. The van der Waals surface area contributed by atoms with E-state index < -0.39 is 23.2 Å². The molecule has 1 aliphatic heterocycles. The second kappa shape index (κ2) is 6.58. The molecule has 6 rings (SSSR count). The summed E-state index contributed by atoms with van der Waals surface area (Å²) in [5.74, 6) is -3.45. The van der Waals surface area contributed by atoms with Gasteiger partial charge in [-0.1, -0.05) is 0 Å². The van der Waals surface area contributed by atoms with Gasteiger partial charge in [0.2, 0.25) is 11.9 Å². The van der Waals surface area contributed by atoms with Crippen LogP contribution in [0.1, 0.15) is 35.4 Å². The molecule has 2 aliphatic carbocycles. The minimum Gasteiger partial charge on any atom is -0.369 e. The number of nitrogens with two attached hydrogens (primary N) is 1. The average molecular weight is 469 g/mol. The first-order chi connectivity index (χ1) is 16.2. The van der Waals surface area contributed by atoms with Crippen molar-refractivity contribution in [3.63, 3.8) is 0 Å². The predicted molar refractivity (Wildman–Crippen MR) is 116 cm³/mol. The molecule has 3 aromatic heterocycles. The molecule has 34 heavy (non-hydrogen) atoms. The Balaban J connectivity index is 1.34. The number of alkyl halides is 2. The van der Waals surface area contributed by atoms with Crippen LogP contribution < -0.4 is 21.3 Å². The number of fused-ring (bicyclic) bond motifs is 1. The molecule has 1 atom stereocenters. The van der Waals surface area contributed by atoms with Gasteiger partial charge in [-0.05, 0) is 42.9 Å². The minimum atomic E-state index is -2.69. The number of pyridine rings is 1. The van der Waals surface area contributed by atoms with Crippen molar-refractivity contribution < 1.29 is 18.4 Å². The lowest BCUT2D eigenvalue weighted by Crippen LogP contribution is -2.56. The molecule has 3 aliphatic rings. The third kappa shape index (κ3) is 2.92. The predicted octanol–water partition coefficient (Wildman–Crippen LogP) is 0.985. The first kappa shape index (κ1) is 20.7. The fourth-order valence-corrected chi connectivity index (χ4v) is 4.96. The number of nitrogens with zero attached hydrogens (tertiary/aromatic N) is 6. The van der Waals surface area contributed by atoms with Crippen LogP contribution in [0, 0.1) is 5.41 Å². The number of halogens is 2. The second-order valence-electron chi connectivity index (χ2n) is 9.26. The van der Waals surface area contributed by atoms with E-state index >= 15 is 0 Å². The average Bonchev–Trinajstić information content (AvgIpc) is 3.67. The molecule has 0 bridgehead atoms. The van der Waals surface area contributed by atoms with E-state index in [1.54, 1.807) is 29.3 Å². The van der Waals surface area contributed by atoms with E-state index in [1.165, 1.54) is 11.6 Å². The number of hydrogen-bond acceptors (Lipinski definition) is 8. The molecule has 3 fully saturated rings. The summed E-state index contributed by atoms with van der Waals surface area (Å²) >= 11 is 0. The zero-order valence-corrected chi connectivity index (χ0v) is 18.2. The van der Waals surface area contributed by atoms with Gasteiger partial charge < -0.3 is 21.3 Å². The van der Waals surface area contributed by atoms with E-state index in [4.69, 9.17) is 5.73 Å². The lowest BCUT2D eigenvalue weighted by molar-refractivity contribution is -0.121. The van der Waals surface area contributed by atoms with Crippen LogP contribution in [0.4, 0.5) is 26.1 Å². The highest BCUT2D eigenvalue weighted by Crippen LogP contribution is 2.78. The standard InChI is InChI=1S/C21H21F2N9O2/c1-25-16(33)15-12(6-13(28-29-15)21(17(24)34)8-19(21)4-5-19)26-18-27-14-3-2-11(7-32(14)30-18)31-9-20(22,23)10-31/h2-3,6-7H,4-5,8-10H2,1H3,(H2,24,34)(H,25,33)(H,26,28,30)/t21-/m0/s1. The number of carbonyl (C=O) groups is 2. The van der Waals surface area contributed by atoms with Crippen LogP contribution in [0.5, 0.6) is 0 Å². The number of primary amides is 1. The molecular weight excluding hydrogens is 448 g/mol. The van der Waals surface area contributed by atoms with Crippen LogP contribution >= 0.6 is 0 Å². The van der Waals surface area contributed by atoms with Crippen molar-refractivity contribution in [3.05, 3.63) is 35.8 Å². The van der Waals surface area contributed by atoms with Crippen LogP contribution in [0.15, 0.2) is 24.4 Å². The summed E-state index contributed by atoms with van der Waals surface area (Å²) in [6, 6.07) is 4.97. The smallest absolute Gasteiger partial charge is 0.282 e. The van der Waals surface area contributed by atoms with Gasteiger partial charge in [-0.25, -0.2) is 13.3 Å². The lowest BCUT2D eigenvalue weighted by Gasteiger charge is -2.40. The Morgan fingerprint density at radius 1 is 1.18 bits per heavy atom. The summed E-state index contributed by atoms with van der Waals surface area (Å²) in [6.07, 6.45) is 4.03. The first-order valence-electron chi connectivity index (χ1n) is 10.8. The van der Waals surface area contributed by atoms with Gasteiger partial charge in [0.05, 0.1) is 41.8 Å². The molecule has 0 aromatic carbocycles. The van der Waals surface area contributed by atoms with E-state index in [2.05, 4.69) is 30.9 Å². The molecule has 3 aromatic rings. The fourth-order valence-electron chi connectivity index (χ4n) is 4.96. The molecule has 2 saturated carbocycles. The van der Waals surface area contributed by atoms with Gasteiger partial charge in [0, 0.05) is 7.05 Å². The van der Waals surface area contributed by atoms with E-state index in [1.807, 2.05) is 0 Å². The topological polar surface area (TPSA) is 143 Å². The van der Waals surface area contributed by atoms with Crippen LogP contribution in [0.3, 0.4) is 0 Å². The zero-order valence-electron chi connectivity index (χ0n) is 18.2. The maximum absolute atomic E-state index is 13.2. The van der Waals surface area contributed by atoms with Crippen LogP contribution in [-0.4, -0.2) is 62.7 Å². The Kier molecular flexibility index (Phi) is 4.00. The number of anilines is 3. The number of carbonyl (C=O) groups excluding carboxylic acids is 2. The van der Waals surface area contributed by atoms with Crippen molar-refractivity contribution in [3.8, 4) is 0 Å². The summed E-state index contributed by atoms with van der Waals surface area (Å²) < 4.78 is 27.9. The van der Waals surface area contributed by atoms with Gasteiger partial charge in [-0.3, -0.25) is 9.59 Å². The molecule has 4 heterocycles. The summed E-state index contributed by atoms with van der Waals surface area (Å²) in [5.41, 5.74) is 6.51. The molecule has 1 spiro atoms. The van der Waals surface area contributed by atoms with Crippen molar-refractivity contribution in [2.75, 3.05) is 30.4 Å². The van der Waals surface area contributed by atoms with Gasteiger partial charge in [0.25, 0.3) is 11.8 Å². The van der Waals surface area contributed by atoms with Crippen molar-refractivity contribution in [1.82, 2.24) is 30.1 Å². The molecule has 2 amide bonds. The fraction of sp³-hybridized carbons (Fsp3) is 0.429. The van der Waals surface area contributed by atoms with Crippen molar-refractivity contribution in [2.45, 2.75) is 30.6 Å². The lowest BCUT2D eigenvalue weighted by atomic mass is 9.96. The van der Waals surface area contributed by atoms with Crippen molar-refractivity contribution in [1.29, 1.82) is 0 Å². The summed E-state index contributed by atoms with van der Waals surface area (Å²) in [6.45, 7) is -0.690. The molecule has 176 valence electrons. The molecule has 1 saturated heterocycles. The number of rotatable bonds is 6. The van der Waals surface area contributed by atoms with Gasteiger partial charge in [-0.2, -0.15) is 10.1 Å². The number of hydrogen-bond donors (Lipinski definition) is 3. The minimum absolute atomic E-state index is 0.0127. The van der Waals surface area contributed by atoms with E-state index in [0.29, 0.717) is 23.4 Å². The van der Waals surface area contributed by atoms with Crippen LogP contribution in [0.25, 0.3) is 5.65 Å². The van der Waals surface area contributed by atoms with Crippen LogP contribution in [0.2, 0.25) is 0 Å². The highest BCUT2D eigenvalue weighted by atomic mass is 19.3. The number of amides is 2. The maximum atomic E-state index is 13.2.